The number of nitrogens with one attached hydrogen (secondary N) is 1. The van der Waals surface area contributed by atoms with E-state index < -0.39 is 5.82 Å². The first-order valence-electron chi connectivity index (χ1n) is 8.12. The number of halogens is 2. The van der Waals surface area contributed by atoms with Crippen LogP contribution in [0.1, 0.15) is 23.2 Å². The van der Waals surface area contributed by atoms with E-state index in [1.807, 2.05) is 12.1 Å². The van der Waals surface area contributed by atoms with Gasteiger partial charge in [-0.05, 0) is 50.2 Å². The fraction of sp³-hybridized carbons (Fsp3) is 0.316. The lowest BCUT2D eigenvalue weighted by Gasteiger charge is -2.29. The van der Waals surface area contributed by atoms with Crippen LogP contribution in [-0.2, 0) is 0 Å². The number of anilines is 1. The summed E-state index contributed by atoms with van der Waals surface area (Å²) in [7, 11) is 2.11. The van der Waals surface area contributed by atoms with Gasteiger partial charge in [-0.2, -0.15) is 0 Å². The topological polar surface area (TPSA) is 41.6 Å². The largest absolute Gasteiger partial charge is 0.490 e. The molecule has 0 saturated carbocycles. The van der Waals surface area contributed by atoms with Gasteiger partial charge in [0.25, 0.3) is 5.91 Å². The molecular weight excluding hydrogens is 343 g/mol. The van der Waals surface area contributed by atoms with Gasteiger partial charge in [-0.15, -0.1) is 12.4 Å². The Morgan fingerprint density at radius 3 is 2.60 bits per heavy atom. The summed E-state index contributed by atoms with van der Waals surface area (Å²) in [6.07, 6.45) is 2.20. The van der Waals surface area contributed by atoms with Crippen LogP contribution in [0, 0.1) is 5.82 Å². The molecule has 0 aliphatic carbocycles. The molecular formula is C19H22ClFN2O2. The Kier molecular flexibility index (Phi) is 6.79. The van der Waals surface area contributed by atoms with Gasteiger partial charge in [-0.3, -0.25) is 4.79 Å². The highest BCUT2D eigenvalue weighted by molar-refractivity contribution is 6.04. The molecule has 0 bridgehead atoms. The van der Waals surface area contributed by atoms with Gasteiger partial charge in [0.1, 0.15) is 17.7 Å². The second kappa shape index (κ2) is 8.83. The predicted octanol–water partition coefficient (Wildman–Crippen LogP) is 3.97. The minimum atomic E-state index is -0.429. The van der Waals surface area contributed by atoms with E-state index in [-0.39, 0.29) is 30.0 Å². The standard InChI is InChI=1S/C19H21FN2O2.ClH/c1-22-10-8-17(9-11-22)24-18-7-3-6-16(13-18)21-19(23)14-4-2-5-15(20)12-14;/h2-7,12-13,17H,8-11H2,1H3,(H,21,23);1H. The molecule has 1 N–H and O–H groups in total. The van der Waals surface area contributed by atoms with Crippen LogP contribution in [0.15, 0.2) is 48.5 Å². The molecule has 2 aromatic rings. The number of carbonyl (C=O) groups excluding carboxylic acids is 1. The van der Waals surface area contributed by atoms with Crippen molar-refractivity contribution in [2.75, 3.05) is 25.5 Å². The van der Waals surface area contributed by atoms with E-state index in [0.717, 1.165) is 31.7 Å². The molecule has 1 aliphatic rings. The van der Waals surface area contributed by atoms with Gasteiger partial charge in [0.15, 0.2) is 0 Å². The van der Waals surface area contributed by atoms with Gasteiger partial charge < -0.3 is 15.0 Å². The number of benzene rings is 2. The minimum absolute atomic E-state index is 0. The van der Waals surface area contributed by atoms with E-state index in [9.17, 15) is 9.18 Å². The number of likely N-dealkylation sites (tertiary alicyclic amines) is 1. The minimum Gasteiger partial charge on any atom is -0.490 e. The zero-order chi connectivity index (χ0) is 16.9. The van der Waals surface area contributed by atoms with Gasteiger partial charge >= 0.3 is 0 Å². The third kappa shape index (κ3) is 5.44. The van der Waals surface area contributed by atoms with E-state index in [2.05, 4.69) is 17.3 Å². The molecule has 0 aromatic heterocycles. The number of carbonyl (C=O) groups is 1. The van der Waals surface area contributed by atoms with Crippen molar-refractivity contribution in [3.05, 3.63) is 59.9 Å². The first-order valence-corrected chi connectivity index (χ1v) is 8.12. The number of hydrogen-bond donors (Lipinski definition) is 1. The van der Waals surface area contributed by atoms with E-state index in [0.29, 0.717) is 5.69 Å². The van der Waals surface area contributed by atoms with Crippen LogP contribution in [0.25, 0.3) is 0 Å². The van der Waals surface area contributed by atoms with Crippen molar-refractivity contribution in [1.82, 2.24) is 4.90 Å². The van der Waals surface area contributed by atoms with Gasteiger partial charge in [0.2, 0.25) is 0 Å². The quantitative estimate of drug-likeness (QED) is 0.892. The van der Waals surface area contributed by atoms with E-state index in [1.54, 1.807) is 18.2 Å². The number of ether oxygens (including phenoxy) is 1. The van der Waals surface area contributed by atoms with Gasteiger partial charge in [0, 0.05) is 30.4 Å². The fourth-order valence-electron chi connectivity index (χ4n) is 2.78. The van der Waals surface area contributed by atoms with Crippen LogP contribution in [0.3, 0.4) is 0 Å². The van der Waals surface area contributed by atoms with Crippen LogP contribution in [0.2, 0.25) is 0 Å². The summed E-state index contributed by atoms with van der Waals surface area (Å²) in [6, 6.07) is 12.9. The molecule has 6 heteroatoms. The Hall–Kier alpha value is -2.11. The van der Waals surface area contributed by atoms with E-state index >= 15 is 0 Å². The lowest BCUT2D eigenvalue weighted by molar-refractivity contribution is 0.102. The molecule has 1 amide bonds. The third-order valence-corrected chi connectivity index (χ3v) is 4.15. The normalized spacial score (nSPS) is 15.3. The van der Waals surface area contributed by atoms with Crippen molar-refractivity contribution >= 4 is 24.0 Å². The first-order chi connectivity index (χ1) is 11.6. The SMILES string of the molecule is CN1CCC(Oc2cccc(NC(=O)c3cccc(F)c3)c2)CC1.Cl. The number of hydrogen-bond acceptors (Lipinski definition) is 3. The van der Waals surface area contributed by atoms with Crippen LogP contribution in [0.5, 0.6) is 5.75 Å². The number of amides is 1. The maximum Gasteiger partial charge on any atom is 0.255 e. The second-order valence-corrected chi connectivity index (χ2v) is 6.11. The third-order valence-electron chi connectivity index (χ3n) is 4.15. The van der Waals surface area contributed by atoms with Crippen LogP contribution in [0.4, 0.5) is 10.1 Å². The summed E-state index contributed by atoms with van der Waals surface area (Å²) >= 11 is 0. The second-order valence-electron chi connectivity index (χ2n) is 6.11. The molecule has 134 valence electrons. The van der Waals surface area contributed by atoms with Gasteiger partial charge in [-0.25, -0.2) is 4.39 Å². The molecule has 0 spiro atoms. The average molecular weight is 365 g/mol. The van der Waals surface area contributed by atoms with Gasteiger partial charge in [-0.1, -0.05) is 12.1 Å². The van der Waals surface area contributed by atoms with Crippen LogP contribution < -0.4 is 10.1 Å². The average Bonchev–Trinajstić information content (AvgIpc) is 2.57. The summed E-state index contributed by atoms with van der Waals surface area (Å²) in [5.74, 6) is -0.0328. The molecule has 3 rings (SSSR count). The molecule has 0 unspecified atom stereocenters. The maximum atomic E-state index is 13.2. The van der Waals surface area contributed by atoms with Crippen molar-refractivity contribution in [2.24, 2.45) is 0 Å². The predicted molar refractivity (Wildman–Crippen MR) is 99.2 cm³/mol. The lowest BCUT2D eigenvalue weighted by atomic mass is 10.1. The van der Waals surface area contributed by atoms with Crippen LogP contribution in [-0.4, -0.2) is 37.0 Å². The summed E-state index contributed by atoms with van der Waals surface area (Å²) in [5, 5.41) is 2.78. The molecule has 1 saturated heterocycles. The summed E-state index contributed by atoms with van der Waals surface area (Å²) in [4.78, 5) is 14.5. The molecule has 1 aliphatic heterocycles. The smallest absolute Gasteiger partial charge is 0.255 e. The Morgan fingerprint density at radius 2 is 1.88 bits per heavy atom. The molecule has 0 radical (unpaired) electrons. The molecule has 4 nitrogen and oxygen atoms in total. The Balaban J connectivity index is 0.00000225. The highest BCUT2D eigenvalue weighted by atomic mass is 35.5. The molecule has 1 heterocycles. The van der Waals surface area contributed by atoms with E-state index in [4.69, 9.17) is 4.74 Å². The van der Waals surface area contributed by atoms with Crippen molar-refractivity contribution in [3.63, 3.8) is 0 Å². The summed E-state index contributed by atoms with van der Waals surface area (Å²) in [6.45, 7) is 2.06. The van der Waals surface area contributed by atoms with Crippen molar-refractivity contribution < 1.29 is 13.9 Å². The van der Waals surface area contributed by atoms with Crippen LogP contribution >= 0.6 is 12.4 Å². The number of nitrogens with zero attached hydrogens (tertiary/aromatic N) is 1. The van der Waals surface area contributed by atoms with Crippen molar-refractivity contribution in [1.29, 1.82) is 0 Å². The highest BCUT2D eigenvalue weighted by Gasteiger charge is 2.18. The van der Waals surface area contributed by atoms with Crippen molar-refractivity contribution in [3.8, 4) is 5.75 Å². The Morgan fingerprint density at radius 1 is 1.16 bits per heavy atom. The number of piperidine rings is 1. The molecule has 1 fully saturated rings. The molecule has 2 aromatic carbocycles. The zero-order valence-electron chi connectivity index (χ0n) is 14.1. The monoisotopic (exact) mass is 364 g/mol. The maximum absolute atomic E-state index is 13.2. The van der Waals surface area contributed by atoms with Crippen molar-refractivity contribution in [2.45, 2.75) is 18.9 Å². The Bertz CT molecular complexity index is 718. The zero-order valence-corrected chi connectivity index (χ0v) is 14.9. The first kappa shape index (κ1) is 19.2. The lowest BCUT2D eigenvalue weighted by Crippen LogP contribution is -2.35. The summed E-state index contributed by atoms with van der Waals surface area (Å²) < 4.78 is 19.2. The summed E-state index contributed by atoms with van der Waals surface area (Å²) in [5.41, 5.74) is 0.923. The Labute approximate surface area is 153 Å². The van der Waals surface area contributed by atoms with Gasteiger partial charge in [0.05, 0.1) is 0 Å². The fourth-order valence-corrected chi connectivity index (χ4v) is 2.78. The molecule has 25 heavy (non-hydrogen) atoms. The highest BCUT2D eigenvalue weighted by Crippen LogP contribution is 2.22. The number of rotatable bonds is 4. The molecule has 0 atom stereocenters. The van der Waals surface area contributed by atoms with E-state index in [1.165, 1.54) is 18.2 Å².